The average Bonchev–Trinajstić information content (AvgIpc) is 2.89. The third kappa shape index (κ3) is 3.75. The van der Waals surface area contributed by atoms with Gasteiger partial charge in [-0.1, -0.05) is 91.0 Å². The molecule has 156 valence electrons. The standard InChI is InChI=1S/C32H23N/c1-3-11-30(12-4-1)33(31-13-5-2-6-14-31)32-20-19-25-16-18-28(22-29(25)23-32)27-17-15-24-9-7-8-10-26(24)21-27/h1-23H. The molecule has 6 aromatic rings. The molecule has 6 rings (SSSR count). The lowest BCUT2D eigenvalue weighted by Gasteiger charge is -2.25. The Bertz CT molecular complexity index is 1510. The van der Waals surface area contributed by atoms with Gasteiger partial charge in [-0.05, 0) is 81.2 Å². The first-order chi connectivity index (χ1) is 16.3. The molecule has 0 saturated carbocycles. The first-order valence-corrected chi connectivity index (χ1v) is 11.3. The number of hydrogen-bond donors (Lipinski definition) is 0. The van der Waals surface area contributed by atoms with E-state index in [4.69, 9.17) is 0 Å². The summed E-state index contributed by atoms with van der Waals surface area (Å²) in [4.78, 5) is 2.31. The number of anilines is 3. The van der Waals surface area contributed by atoms with Crippen LogP contribution in [0.3, 0.4) is 0 Å². The molecule has 0 heterocycles. The minimum Gasteiger partial charge on any atom is -0.310 e. The Labute approximate surface area is 194 Å². The van der Waals surface area contributed by atoms with Crippen LogP contribution in [0.2, 0.25) is 0 Å². The minimum atomic E-state index is 1.15. The second-order valence-electron chi connectivity index (χ2n) is 8.31. The van der Waals surface area contributed by atoms with Crippen LogP contribution >= 0.6 is 0 Å². The summed E-state index contributed by atoms with van der Waals surface area (Å²) in [6.07, 6.45) is 0. The SMILES string of the molecule is c1ccc(N(c2ccccc2)c2ccc3ccc(-c4ccc5ccccc5c4)cc3c2)cc1. The van der Waals surface area contributed by atoms with Crippen LogP contribution in [0.5, 0.6) is 0 Å². The highest BCUT2D eigenvalue weighted by Gasteiger charge is 2.12. The van der Waals surface area contributed by atoms with Crippen molar-refractivity contribution in [3.05, 3.63) is 140 Å². The van der Waals surface area contributed by atoms with Crippen LogP contribution in [0.4, 0.5) is 17.1 Å². The Morgan fingerprint density at radius 3 is 1.42 bits per heavy atom. The van der Waals surface area contributed by atoms with Gasteiger partial charge in [0, 0.05) is 17.1 Å². The maximum absolute atomic E-state index is 2.31. The highest BCUT2D eigenvalue weighted by atomic mass is 15.1. The average molecular weight is 422 g/mol. The number of hydrogen-bond acceptors (Lipinski definition) is 1. The second-order valence-corrected chi connectivity index (χ2v) is 8.31. The molecule has 0 aliphatic heterocycles. The van der Waals surface area contributed by atoms with Gasteiger partial charge in [0.15, 0.2) is 0 Å². The summed E-state index contributed by atoms with van der Waals surface area (Å²) in [5, 5.41) is 5.01. The summed E-state index contributed by atoms with van der Waals surface area (Å²) in [5.41, 5.74) is 5.92. The van der Waals surface area contributed by atoms with Gasteiger partial charge in [-0.3, -0.25) is 0 Å². The van der Waals surface area contributed by atoms with E-state index >= 15 is 0 Å². The molecule has 0 aromatic heterocycles. The molecule has 0 saturated heterocycles. The summed E-state index contributed by atoms with van der Waals surface area (Å²) >= 11 is 0. The van der Waals surface area contributed by atoms with Crippen LogP contribution in [-0.4, -0.2) is 0 Å². The number of rotatable bonds is 4. The van der Waals surface area contributed by atoms with Gasteiger partial charge in [0.1, 0.15) is 0 Å². The van der Waals surface area contributed by atoms with E-state index in [0.29, 0.717) is 0 Å². The molecule has 0 spiro atoms. The molecular formula is C32H23N. The quantitative estimate of drug-likeness (QED) is 0.274. The van der Waals surface area contributed by atoms with E-state index in [2.05, 4.69) is 144 Å². The van der Waals surface area contributed by atoms with Gasteiger partial charge in [-0.15, -0.1) is 0 Å². The van der Waals surface area contributed by atoms with Gasteiger partial charge in [0.2, 0.25) is 0 Å². The molecule has 1 nitrogen and oxygen atoms in total. The van der Waals surface area contributed by atoms with Crippen LogP contribution in [0.15, 0.2) is 140 Å². The van der Waals surface area contributed by atoms with Gasteiger partial charge in [-0.25, -0.2) is 0 Å². The molecule has 0 aliphatic carbocycles. The number of para-hydroxylation sites is 2. The molecule has 0 aliphatic rings. The third-order valence-electron chi connectivity index (χ3n) is 6.19. The van der Waals surface area contributed by atoms with E-state index in [1.165, 1.54) is 32.7 Å². The summed E-state index contributed by atoms with van der Waals surface area (Å²) in [6.45, 7) is 0. The minimum absolute atomic E-state index is 1.15. The van der Waals surface area contributed by atoms with E-state index in [9.17, 15) is 0 Å². The van der Waals surface area contributed by atoms with Crippen LogP contribution in [-0.2, 0) is 0 Å². The van der Waals surface area contributed by atoms with Crippen molar-refractivity contribution >= 4 is 38.6 Å². The van der Waals surface area contributed by atoms with Crippen molar-refractivity contribution in [1.29, 1.82) is 0 Å². The Hall–Kier alpha value is -4.36. The smallest absolute Gasteiger partial charge is 0.0468 e. The molecule has 0 amide bonds. The monoisotopic (exact) mass is 421 g/mol. The number of nitrogens with zero attached hydrogens (tertiary/aromatic N) is 1. The van der Waals surface area contributed by atoms with Crippen molar-refractivity contribution in [2.45, 2.75) is 0 Å². The first kappa shape index (κ1) is 19.3. The van der Waals surface area contributed by atoms with Crippen molar-refractivity contribution in [3.63, 3.8) is 0 Å². The van der Waals surface area contributed by atoms with Crippen LogP contribution in [0.25, 0.3) is 32.7 Å². The van der Waals surface area contributed by atoms with Crippen LogP contribution in [0, 0.1) is 0 Å². The zero-order valence-electron chi connectivity index (χ0n) is 18.2. The Balaban J connectivity index is 1.47. The van der Waals surface area contributed by atoms with E-state index in [1.807, 2.05) is 0 Å². The van der Waals surface area contributed by atoms with Gasteiger partial charge < -0.3 is 4.90 Å². The lowest BCUT2D eigenvalue weighted by Crippen LogP contribution is -2.09. The van der Waals surface area contributed by atoms with Gasteiger partial charge >= 0.3 is 0 Å². The molecule has 0 unspecified atom stereocenters. The molecule has 6 aromatic carbocycles. The van der Waals surface area contributed by atoms with Crippen molar-refractivity contribution in [2.75, 3.05) is 4.90 Å². The van der Waals surface area contributed by atoms with E-state index in [-0.39, 0.29) is 0 Å². The molecule has 0 N–H and O–H groups in total. The zero-order valence-corrected chi connectivity index (χ0v) is 18.2. The van der Waals surface area contributed by atoms with Crippen molar-refractivity contribution in [3.8, 4) is 11.1 Å². The predicted octanol–water partition coefficient (Wildman–Crippen LogP) is 9.13. The Morgan fingerprint density at radius 2 is 0.788 bits per heavy atom. The van der Waals surface area contributed by atoms with Gasteiger partial charge in [0.05, 0.1) is 0 Å². The predicted molar refractivity (Wildman–Crippen MR) is 142 cm³/mol. The lowest BCUT2D eigenvalue weighted by molar-refractivity contribution is 1.29. The highest BCUT2D eigenvalue weighted by Crippen LogP contribution is 2.36. The van der Waals surface area contributed by atoms with Crippen molar-refractivity contribution in [2.24, 2.45) is 0 Å². The second kappa shape index (κ2) is 8.29. The lowest BCUT2D eigenvalue weighted by atomic mass is 9.98. The first-order valence-electron chi connectivity index (χ1n) is 11.3. The van der Waals surface area contributed by atoms with E-state index < -0.39 is 0 Å². The topological polar surface area (TPSA) is 3.24 Å². The Kier molecular flexibility index (Phi) is 4.86. The molecule has 1 heteroatoms. The van der Waals surface area contributed by atoms with Crippen LogP contribution < -0.4 is 4.90 Å². The van der Waals surface area contributed by atoms with Gasteiger partial charge in [0.25, 0.3) is 0 Å². The van der Waals surface area contributed by atoms with E-state index in [0.717, 1.165) is 17.1 Å². The van der Waals surface area contributed by atoms with Crippen molar-refractivity contribution in [1.82, 2.24) is 0 Å². The fourth-order valence-corrected chi connectivity index (χ4v) is 4.52. The molecule has 0 fully saturated rings. The fraction of sp³-hybridized carbons (Fsp3) is 0. The maximum Gasteiger partial charge on any atom is 0.0468 e. The molecule has 0 bridgehead atoms. The van der Waals surface area contributed by atoms with Gasteiger partial charge in [-0.2, -0.15) is 0 Å². The number of fused-ring (bicyclic) bond motifs is 2. The van der Waals surface area contributed by atoms with Crippen molar-refractivity contribution < 1.29 is 0 Å². The summed E-state index contributed by atoms with van der Waals surface area (Å²) < 4.78 is 0. The molecule has 0 atom stereocenters. The largest absolute Gasteiger partial charge is 0.310 e. The number of benzene rings is 6. The maximum atomic E-state index is 2.31. The normalized spacial score (nSPS) is 11.0. The molecule has 33 heavy (non-hydrogen) atoms. The zero-order chi connectivity index (χ0) is 22.0. The highest BCUT2D eigenvalue weighted by molar-refractivity contribution is 5.94. The summed E-state index contributed by atoms with van der Waals surface area (Å²) in [5.74, 6) is 0. The van der Waals surface area contributed by atoms with E-state index in [1.54, 1.807) is 0 Å². The third-order valence-corrected chi connectivity index (χ3v) is 6.19. The molecular weight excluding hydrogens is 398 g/mol. The summed E-state index contributed by atoms with van der Waals surface area (Å²) in [7, 11) is 0. The summed E-state index contributed by atoms with van der Waals surface area (Å²) in [6, 6.07) is 49.8. The Morgan fingerprint density at radius 1 is 0.303 bits per heavy atom. The molecule has 0 radical (unpaired) electrons. The van der Waals surface area contributed by atoms with Crippen LogP contribution in [0.1, 0.15) is 0 Å². The fourth-order valence-electron chi connectivity index (χ4n) is 4.52.